The summed E-state index contributed by atoms with van der Waals surface area (Å²) < 4.78 is 0. The van der Waals surface area contributed by atoms with Crippen LogP contribution in [0.2, 0.25) is 0 Å². The van der Waals surface area contributed by atoms with E-state index >= 15 is 0 Å². The average molecular weight is 264 g/mol. The lowest BCUT2D eigenvalue weighted by Crippen LogP contribution is -2.46. The lowest BCUT2D eigenvalue weighted by Gasteiger charge is -2.37. The molecule has 6 heteroatoms. The number of carbonyl (C=O) groups is 1. The van der Waals surface area contributed by atoms with Crippen molar-refractivity contribution >= 4 is 17.3 Å². The lowest BCUT2D eigenvalue weighted by molar-refractivity contribution is -0.384. The van der Waals surface area contributed by atoms with Crippen LogP contribution in [0.25, 0.3) is 0 Å². The van der Waals surface area contributed by atoms with Gasteiger partial charge in [0.05, 0.1) is 4.92 Å². The molecule has 2 rings (SSSR count). The molecule has 0 spiro atoms. The molecule has 102 valence electrons. The maximum atomic E-state index is 11.3. The monoisotopic (exact) mass is 264 g/mol. The maximum Gasteiger partial charge on any atom is 0.326 e. The fraction of sp³-hybridized carbons (Fsp3) is 0.462. The van der Waals surface area contributed by atoms with E-state index in [9.17, 15) is 20.0 Å². The standard InChI is InChI=1S/C13H16N2O4/c1-9-6-7-14(12(8-9)13(16)17)10-2-4-11(5-3-10)15(18)19/h2-5,9,12H,6-8H2,1H3,(H,16,17). The highest BCUT2D eigenvalue weighted by Crippen LogP contribution is 2.29. The zero-order chi connectivity index (χ0) is 14.0. The number of benzene rings is 1. The molecule has 1 aromatic carbocycles. The molecule has 2 atom stereocenters. The van der Waals surface area contributed by atoms with Crippen molar-refractivity contribution in [3.05, 3.63) is 34.4 Å². The highest BCUT2D eigenvalue weighted by molar-refractivity contribution is 5.78. The number of anilines is 1. The van der Waals surface area contributed by atoms with Gasteiger partial charge in [-0.15, -0.1) is 0 Å². The summed E-state index contributed by atoms with van der Waals surface area (Å²) in [5.41, 5.74) is 0.742. The minimum Gasteiger partial charge on any atom is -0.480 e. The van der Waals surface area contributed by atoms with Gasteiger partial charge >= 0.3 is 5.97 Å². The van der Waals surface area contributed by atoms with Gasteiger partial charge < -0.3 is 10.0 Å². The SMILES string of the molecule is CC1CCN(c2ccc([N+](=O)[O-])cc2)C(C(=O)O)C1. The molecular weight excluding hydrogens is 248 g/mol. The van der Waals surface area contributed by atoms with E-state index in [2.05, 4.69) is 0 Å². The van der Waals surface area contributed by atoms with E-state index in [4.69, 9.17) is 0 Å². The summed E-state index contributed by atoms with van der Waals surface area (Å²) >= 11 is 0. The highest BCUT2D eigenvalue weighted by Gasteiger charge is 2.31. The summed E-state index contributed by atoms with van der Waals surface area (Å²) in [5, 5.41) is 19.9. The Morgan fingerprint density at radius 2 is 2.05 bits per heavy atom. The molecule has 1 heterocycles. The second-order valence-corrected chi connectivity index (χ2v) is 4.95. The topological polar surface area (TPSA) is 83.7 Å². The molecule has 0 radical (unpaired) electrons. The van der Waals surface area contributed by atoms with E-state index in [-0.39, 0.29) is 5.69 Å². The first-order chi connectivity index (χ1) is 8.99. The average Bonchev–Trinajstić information content (AvgIpc) is 2.38. The first-order valence-corrected chi connectivity index (χ1v) is 6.23. The highest BCUT2D eigenvalue weighted by atomic mass is 16.6. The largest absolute Gasteiger partial charge is 0.480 e. The second-order valence-electron chi connectivity index (χ2n) is 4.95. The quantitative estimate of drug-likeness (QED) is 0.668. The van der Waals surface area contributed by atoms with Crippen LogP contribution in [0, 0.1) is 16.0 Å². The Morgan fingerprint density at radius 3 is 2.58 bits per heavy atom. The summed E-state index contributed by atoms with van der Waals surface area (Å²) in [5.74, 6) is -0.458. The third kappa shape index (κ3) is 2.83. The van der Waals surface area contributed by atoms with Crippen LogP contribution in [-0.4, -0.2) is 28.6 Å². The molecule has 6 nitrogen and oxygen atoms in total. The summed E-state index contributed by atoms with van der Waals surface area (Å²) in [6.45, 7) is 2.71. The summed E-state index contributed by atoms with van der Waals surface area (Å²) in [6.07, 6.45) is 1.53. The van der Waals surface area contributed by atoms with Crippen molar-refractivity contribution in [2.75, 3.05) is 11.4 Å². The van der Waals surface area contributed by atoms with E-state index in [1.165, 1.54) is 12.1 Å². The number of nitro groups is 1. The minimum absolute atomic E-state index is 0.0148. The third-order valence-corrected chi connectivity index (χ3v) is 3.54. The molecule has 0 aliphatic carbocycles. The van der Waals surface area contributed by atoms with Crippen molar-refractivity contribution in [2.24, 2.45) is 5.92 Å². The minimum atomic E-state index is -0.843. The van der Waals surface area contributed by atoms with Gasteiger partial charge in [0, 0.05) is 24.4 Å². The zero-order valence-corrected chi connectivity index (χ0v) is 10.7. The first kappa shape index (κ1) is 13.3. The van der Waals surface area contributed by atoms with Crippen molar-refractivity contribution in [2.45, 2.75) is 25.8 Å². The van der Waals surface area contributed by atoms with Crippen molar-refractivity contribution in [3.8, 4) is 0 Å². The first-order valence-electron chi connectivity index (χ1n) is 6.23. The number of aliphatic carboxylic acids is 1. The summed E-state index contributed by atoms with van der Waals surface area (Å²) in [6, 6.07) is 5.50. The van der Waals surface area contributed by atoms with Gasteiger partial charge in [0.25, 0.3) is 5.69 Å². The molecule has 1 aliphatic rings. The van der Waals surface area contributed by atoms with Crippen molar-refractivity contribution in [3.63, 3.8) is 0 Å². The number of non-ortho nitro benzene ring substituents is 1. The zero-order valence-electron chi connectivity index (χ0n) is 10.7. The molecule has 19 heavy (non-hydrogen) atoms. The van der Waals surface area contributed by atoms with Gasteiger partial charge in [0.15, 0.2) is 0 Å². The molecule has 1 N–H and O–H groups in total. The van der Waals surface area contributed by atoms with Crippen LogP contribution < -0.4 is 4.90 Å². The fourth-order valence-electron chi connectivity index (χ4n) is 2.45. The van der Waals surface area contributed by atoms with Crippen LogP contribution in [0.5, 0.6) is 0 Å². The number of carboxylic acid groups (broad SMARTS) is 1. The van der Waals surface area contributed by atoms with E-state index in [0.29, 0.717) is 18.9 Å². The predicted molar refractivity (Wildman–Crippen MR) is 70.3 cm³/mol. The number of carboxylic acids is 1. The Labute approximate surface area is 110 Å². The van der Waals surface area contributed by atoms with E-state index in [1.807, 2.05) is 11.8 Å². The molecule has 0 bridgehead atoms. The van der Waals surface area contributed by atoms with Crippen molar-refractivity contribution < 1.29 is 14.8 Å². The Hall–Kier alpha value is -2.11. The number of hydrogen-bond acceptors (Lipinski definition) is 4. The molecule has 1 fully saturated rings. The van der Waals surface area contributed by atoms with Crippen molar-refractivity contribution in [1.29, 1.82) is 0 Å². The van der Waals surface area contributed by atoms with Gasteiger partial charge in [0.2, 0.25) is 0 Å². The van der Waals surface area contributed by atoms with Gasteiger partial charge in [0.1, 0.15) is 6.04 Å². The third-order valence-electron chi connectivity index (χ3n) is 3.54. The van der Waals surface area contributed by atoms with Crippen LogP contribution in [0.4, 0.5) is 11.4 Å². The summed E-state index contributed by atoms with van der Waals surface area (Å²) in [7, 11) is 0. The maximum absolute atomic E-state index is 11.3. The van der Waals surface area contributed by atoms with Crippen LogP contribution in [0.3, 0.4) is 0 Å². The van der Waals surface area contributed by atoms with Gasteiger partial charge in [-0.2, -0.15) is 0 Å². The van der Waals surface area contributed by atoms with Gasteiger partial charge in [-0.3, -0.25) is 10.1 Å². The smallest absolute Gasteiger partial charge is 0.326 e. The normalized spacial score (nSPS) is 23.1. The fourth-order valence-corrected chi connectivity index (χ4v) is 2.45. The molecular formula is C13H16N2O4. The summed E-state index contributed by atoms with van der Waals surface area (Å²) in [4.78, 5) is 23.3. The van der Waals surface area contributed by atoms with E-state index in [0.717, 1.165) is 12.1 Å². The van der Waals surface area contributed by atoms with Crippen LogP contribution >= 0.6 is 0 Å². The van der Waals surface area contributed by atoms with Gasteiger partial charge in [-0.1, -0.05) is 6.92 Å². The Bertz CT molecular complexity index is 486. The molecule has 1 aromatic rings. The number of nitro benzene ring substituents is 1. The predicted octanol–water partition coefficient (Wildman–Crippen LogP) is 2.28. The molecule has 2 unspecified atom stereocenters. The Balaban J connectivity index is 2.23. The van der Waals surface area contributed by atoms with Crippen LogP contribution in [-0.2, 0) is 4.79 Å². The lowest BCUT2D eigenvalue weighted by atomic mass is 9.92. The molecule has 1 saturated heterocycles. The number of piperidine rings is 1. The molecule has 0 saturated carbocycles. The van der Waals surface area contributed by atoms with Gasteiger partial charge in [-0.05, 0) is 30.9 Å². The van der Waals surface area contributed by atoms with Gasteiger partial charge in [-0.25, -0.2) is 4.79 Å². The molecule has 1 aliphatic heterocycles. The number of rotatable bonds is 3. The molecule has 0 amide bonds. The van der Waals surface area contributed by atoms with E-state index in [1.54, 1.807) is 12.1 Å². The molecule has 0 aromatic heterocycles. The van der Waals surface area contributed by atoms with Crippen LogP contribution in [0.15, 0.2) is 24.3 Å². The van der Waals surface area contributed by atoms with Crippen LogP contribution in [0.1, 0.15) is 19.8 Å². The Kier molecular flexibility index (Phi) is 3.69. The number of hydrogen-bond donors (Lipinski definition) is 1. The second kappa shape index (κ2) is 5.26. The van der Waals surface area contributed by atoms with Crippen molar-refractivity contribution in [1.82, 2.24) is 0 Å². The number of nitrogens with zero attached hydrogens (tertiary/aromatic N) is 2. The Morgan fingerprint density at radius 1 is 1.42 bits per heavy atom. The van der Waals surface area contributed by atoms with E-state index < -0.39 is 16.9 Å².